The number of carbonyl (C=O) groups excluding carboxylic acids is 1. The predicted octanol–water partition coefficient (Wildman–Crippen LogP) is 4.30. The molecule has 0 saturated carbocycles. The second-order valence-corrected chi connectivity index (χ2v) is 7.39. The second kappa shape index (κ2) is 8.05. The number of alkyl halides is 3. The summed E-state index contributed by atoms with van der Waals surface area (Å²) in [5.41, 5.74) is 1.42. The smallest absolute Gasteiger partial charge is 0.368 e. The van der Waals surface area contributed by atoms with Crippen LogP contribution >= 0.6 is 0 Å². The van der Waals surface area contributed by atoms with Gasteiger partial charge in [0, 0.05) is 31.9 Å². The van der Waals surface area contributed by atoms with Crippen LogP contribution in [0, 0.1) is 12.7 Å². The molecule has 9 heteroatoms. The Kier molecular flexibility index (Phi) is 5.43. The van der Waals surface area contributed by atoms with E-state index < -0.39 is 17.6 Å². The second-order valence-electron chi connectivity index (χ2n) is 7.39. The van der Waals surface area contributed by atoms with Gasteiger partial charge in [0.25, 0.3) is 5.91 Å². The van der Waals surface area contributed by atoms with E-state index in [1.165, 1.54) is 28.9 Å². The van der Waals surface area contributed by atoms with E-state index in [0.29, 0.717) is 48.9 Å². The minimum atomic E-state index is -4.37. The van der Waals surface area contributed by atoms with Crippen molar-refractivity contribution in [3.8, 4) is 5.69 Å². The van der Waals surface area contributed by atoms with Crippen molar-refractivity contribution in [3.63, 3.8) is 0 Å². The van der Waals surface area contributed by atoms with Gasteiger partial charge < -0.3 is 9.80 Å². The third-order valence-electron chi connectivity index (χ3n) is 5.23. The van der Waals surface area contributed by atoms with E-state index in [1.54, 1.807) is 30.0 Å². The van der Waals surface area contributed by atoms with Crippen LogP contribution in [0.15, 0.2) is 54.6 Å². The number of anilines is 1. The Morgan fingerprint density at radius 2 is 1.61 bits per heavy atom. The Morgan fingerprint density at radius 1 is 0.935 bits per heavy atom. The fourth-order valence-corrected chi connectivity index (χ4v) is 3.65. The van der Waals surface area contributed by atoms with E-state index in [1.807, 2.05) is 4.90 Å². The van der Waals surface area contributed by atoms with Gasteiger partial charge >= 0.3 is 6.18 Å². The number of carbonyl (C=O) groups is 1. The third-order valence-corrected chi connectivity index (χ3v) is 5.23. The maximum absolute atomic E-state index is 13.6. The fraction of sp³-hybridized carbons (Fsp3) is 0.273. The van der Waals surface area contributed by atoms with E-state index in [0.717, 1.165) is 12.1 Å². The molecular formula is C22H20F4N4O. The van der Waals surface area contributed by atoms with Crippen molar-refractivity contribution in [2.24, 2.45) is 0 Å². The number of hydrogen-bond acceptors (Lipinski definition) is 3. The molecule has 0 atom stereocenters. The summed E-state index contributed by atoms with van der Waals surface area (Å²) in [6, 6.07) is 12.5. The molecule has 0 bridgehead atoms. The van der Waals surface area contributed by atoms with Gasteiger partial charge in [-0.15, -0.1) is 0 Å². The van der Waals surface area contributed by atoms with Crippen LogP contribution in [0.4, 0.5) is 23.2 Å². The summed E-state index contributed by atoms with van der Waals surface area (Å²) in [6.07, 6.45) is -4.37. The molecule has 1 amide bonds. The molecule has 162 valence electrons. The molecule has 2 heterocycles. The Morgan fingerprint density at radius 3 is 2.23 bits per heavy atom. The lowest BCUT2D eigenvalue weighted by Crippen LogP contribution is -2.49. The lowest BCUT2D eigenvalue weighted by atomic mass is 10.1. The fourth-order valence-electron chi connectivity index (χ4n) is 3.65. The average molecular weight is 432 g/mol. The Labute approximate surface area is 176 Å². The van der Waals surface area contributed by atoms with Crippen LogP contribution < -0.4 is 4.90 Å². The summed E-state index contributed by atoms with van der Waals surface area (Å²) in [6.45, 7) is 3.56. The SMILES string of the molecule is Cc1cc(C(=O)N2CCN(c3ccc(C(F)(F)F)cc3)CC2)n(-c2cccc(F)c2)n1. The first-order valence-corrected chi connectivity index (χ1v) is 9.76. The van der Waals surface area contributed by atoms with Crippen LogP contribution in [-0.2, 0) is 6.18 Å². The van der Waals surface area contributed by atoms with Gasteiger partial charge in [0.2, 0.25) is 0 Å². The molecule has 5 nitrogen and oxygen atoms in total. The number of piperazine rings is 1. The Bertz CT molecular complexity index is 1080. The van der Waals surface area contributed by atoms with Gasteiger partial charge in [-0.05, 0) is 55.5 Å². The number of aromatic nitrogens is 2. The highest BCUT2D eigenvalue weighted by Gasteiger charge is 2.31. The monoisotopic (exact) mass is 432 g/mol. The van der Waals surface area contributed by atoms with Gasteiger partial charge in [0.1, 0.15) is 11.5 Å². The number of benzene rings is 2. The standard InChI is InChI=1S/C22H20F4N4O/c1-15-13-20(30(27-15)19-4-2-3-17(23)14-19)21(31)29-11-9-28(10-12-29)18-7-5-16(6-8-18)22(24,25)26/h2-8,13-14H,9-12H2,1H3. The average Bonchev–Trinajstić information content (AvgIpc) is 3.14. The molecular weight excluding hydrogens is 412 g/mol. The quantitative estimate of drug-likeness (QED) is 0.580. The highest BCUT2D eigenvalue weighted by Crippen LogP contribution is 2.30. The van der Waals surface area contributed by atoms with Gasteiger partial charge in [0.05, 0.1) is 16.9 Å². The van der Waals surface area contributed by atoms with E-state index in [4.69, 9.17) is 0 Å². The molecule has 1 saturated heterocycles. The van der Waals surface area contributed by atoms with Crippen molar-refractivity contribution in [1.82, 2.24) is 14.7 Å². The summed E-state index contributed by atoms with van der Waals surface area (Å²) in [7, 11) is 0. The van der Waals surface area contributed by atoms with Gasteiger partial charge in [0.15, 0.2) is 0 Å². The molecule has 1 aliphatic heterocycles. The minimum absolute atomic E-state index is 0.225. The number of hydrogen-bond donors (Lipinski definition) is 0. The van der Waals surface area contributed by atoms with Crippen molar-refractivity contribution in [3.05, 3.63) is 77.4 Å². The Balaban J connectivity index is 1.47. The van der Waals surface area contributed by atoms with E-state index in [2.05, 4.69) is 5.10 Å². The third kappa shape index (κ3) is 4.40. The Hall–Kier alpha value is -3.36. The minimum Gasteiger partial charge on any atom is -0.368 e. The van der Waals surface area contributed by atoms with Gasteiger partial charge in [-0.3, -0.25) is 4.79 Å². The maximum Gasteiger partial charge on any atom is 0.416 e. The van der Waals surface area contributed by atoms with Crippen LogP contribution in [0.25, 0.3) is 5.69 Å². The molecule has 0 N–H and O–H groups in total. The summed E-state index contributed by atoms with van der Waals surface area (Å²) < 4.78 is 53.3. The number of halogens is 4. The van der Waals surface area contributed by atoms with Crippen molar-refractivity contribution in [2.75, 3.05) is 31.1 Å². The molecule has 2 aromatic carbocycles. The molecule has 0 unspecified atom stereocenters. The van der Waals surface area contributed by atoms with Crippen molar-refractivity contribution >= 4 is 11.6 Å². The van der Waals surface area contributed by atoms with Crippen LogP contribution in [-0.4, -0.2) is 46.8 Å². The summed E-state index contributed by atoms with van der Waals surface area (Å²) in [5.74, 6) is -0.647. The van der Waals surface area contributed by atoms with Crippen LogP contribution in [0.3, 0.4) is 0 Å². The normalized spacial score (nSPS) is 14.7. The predicted molar refractivity (Wildman–Crippen MR) is 108 cm³/mol. The first-order chi connectivity index (χ1) is 14.7. The highest BCUT2D eigenvalue weighted by molar-refractivity contribution is 5.93. The lowest BCUT2D eigenvalue weighted by Gasteiger charge is -2.36. The zero-order valence-electron chi connectivity index (χ0n) is 16.7. The van der Waals surface area contributed by atoms with Crippen molar-refractivity contribution < 1.29 is 22.4 Å². The molecule has 3 aromatic rings. The van der Waals surface area contributed by atoms with Gasteiger partial charge in [-0.1, -0.05) is 6.07 Å². The summed E-state index contributed by atoms with van der Waals surface area (Å²) in [4.78, 5) is 16.7. The number of amides is 1. The highest BCUT2D eigenvalue weighted by atomic mass is 19.4. The number of nitrogens with zero attached hydrogens (tertiary/aromatic N) is 4. The van der Waals surface area contributed by atoms with Crippen LogP contribution in [0.1, 0.15) is 21.7 Å². The molecule has 0 aliphatic carbocycles. The molecule has 1 aromatic heterocycles. The van der Waals surface area contributed by atoms with E-state index >= 15 is 0 Å². The van der Waals surface area contributed by atoms with Crippen LogP contribution in [0.2, 0.25) is 0 Å². The molecule has 0 radical (unpaired) electrons. The van der Waals surface area contributed by atoms with E-state index in [9.17, 15) is 22.4 Å². The maximum atomic E-state index is 13.6. The lowest BCUT2D eigenvalue weighted by molar-refractivity contribution is -0.137. The zero-order valence-corrected chi connectivity index (χ0v) is 16.7. The summed E-state index contributed by atoms with van der Waals surface area (Å²) >= 11 is 0. The molecule has 0 spiro atoms. The first-order valence-electron chi connectivity index (χ1n) is 9.76. The van der Waals surface area contributed by atoms with Gasteiger partial charge in [-0.2, -0.15) is 18.3 Å². The topological polar surface area (TPSA) is 41.4 Å². The largest absolute Gasteiger partial charge is 0.416 e. The van der Waals surface area contributed by atoms with Gasteiger partial charge in [-0.25, -0.2) is 9.07 Å². The first kappa shape index (κ1) is 20.9. The number of aryl methyl sites for hydroxylation is 1. The molecule has 1 aliphatic rings. The molecule has 1 fully saturated rings. The molecule has 4 rings (SSSR count). The molecule has 31 heavy (non-hydrogen) atoms. The van der Waals surface area contributed by atoms with Crippen LogP contribution in [0.5, 0.6) is 0 Å². The van der Waals surface area contributed by atoms with Crippen molar-refractivity contribution in [1.29, 1.82) is 0 Å². The van der Waals surface area contributed by atoms with Crippen molar-refractivity contribution in [2.45, 2.75) is 13.1 Å². The number of rotatable bonds is 3. The zero-order chi connectivity index (χ0) is 22.2. The summed E-state index contributed by atoms with van der Waals surface area (Å²) in [5, 5.41) is 4.33. The van der Waals surface area contributed by atoms with E-state index in [-0.39, 0.29) is 5.91 Å².